The first kappa shape index (κ1) is 16.0. The predicted molar refractivity (Wildman–Crippen MR) is 84.0 cm³/mol. The molecule has 1 aromatic rings. The molecule has 1 amide bonds. The molecule has 1 heterocycles. The molecule has 2 atom stereocenters. The normalized spacial score (nSPS) is 22.5. The van der Waals surface area contributed by atoms with E-state index in [4.69, 9.17) is 4.74 Å². The lowest BCUT2D eigenvalue weighted by molar-refractivity contribution is -0.131. The summed E-state index contributed by atoms with van der Waals surface area (Å²) in [6.07, 6.45) is 1.84. The molecule has 4 heteroatoms. The maximum atomic E-state index is 12.4. The fraction of sp³-hybridized carbons (Fsp3) is 0.588. The first-order valence-corrected chi connectivity index (χ1v) is 7.63. The molecule has 21 heavy (non-hydrogen) atoms. The molecule has 116 valence electrons. The molecule has 0 aliphatic carbocycles. The summed E-state index contributed by atoms with van der Waals surface area (Å²) in [5.74, 6) is -0.0770. The van der Waals surface area contributed by atoms with Gasteiger partial charge in [0.2, 0.25) is 0 Å². The van der Waals surface area contributed by atoms with Gasteiger partial charge in [-0.05, 0) is 30.4 Å². The molecule has 1 aliphatic heterocycles. The number of ether oxygens (including phenoxy) is 1. The number of benzene rings is 1. The zero-order valence-corrected chi connectivity index (χ0v) is 13.2. The summed E-state index contributed by atoms with van der Waals surface area (Å²) in [5.41, 5.74) is 1.09. The summed E-state index contributed by atoms with van der Waals surface area (Å²) in [7, 11) is 1.57. The van der Waals surface area contributed by atoms with Crippen LogP contribution in [-0.4, -0.2) is 32.1 Å². The topological polar surface area (TPSA) is 50.4 Å². The Morgan fingerprint density at radius 2 is 2.14 bits per heavy atom. The Kier molecular flexibility index (Phi) is 5.37. The van der Waals surface area contributed by atoms with Gasteiger partial charge in [0.25, 0.3) is 5.91 Å². The van der Waals surface area contributed by atoms with Crippen LogP contribution in [0.3, 0.4) is 0 Å². The Balaban J connectivity index is 1.94. The van der Waals surface area contributed by atoms with Gasteiger partial charge in [0, 0.05) is 19.7 Å². The van der Waals surface area contributed by atoms with Crippen molar-refractivity contribution in [1.29, 1.82) is 0 Å². The Morgan fingerprint density at radius 3 is 2.76 bits per heavy atom. The summed E-state index contributed by atoms with van der Waals surface area (Å²) in [5, 5.41) is 6.54. The summed E-state index contributed by atoms with van der Waals surface area (Å²) < 4.78 is 5.36. The van der Waals surface area contributed by atoms with Crippen LogP contribution in [-0.2, 0) is 9.53 Å². The SMILES string of the molecule is COC(C(=O)NCC1NCCCC1(C)C)c1ccccc1. The Morgan fingerprint density at radius 1 is 1.43 bits per heavy atom. The number of nitrogens with one attached hydrogen (secondary N) is 2. The highest BCUT2D eigenvalue weighted by molar-refractivity contribution is 5.82. The van der Waals surface area contributed by atoms with Crippen molar-refractivity contribution in [3.63, 3.8) is 0 Å². The van der Waals surface area contributed by atoms with Crippen LogP contribution in [0.4, 0.5) is 0 Å². The van der Waals surface area contributed by atoms with Gasteiger partial charge in [0.1, 0.15) is 0 Å². The zero-order valence-electron chi connectivity index (χ0n) is 13.2. The Hall–Kier alpha value is -1.39. The minimum absolute atomic E-state index is 0.0770. The molecule has 2 N–H and O–H groups in total. The maximum absolute atomic E-state index is 12.4. The maximum Gasteiger partial charge on any atom is 0.253 e. The number of rotatable bonds is 5. The van der Waals surface area contributed by atoms with Crippen LogP contribution < -0.4 is 10.6 Å². The van der Waals surface area contributed by atoms with Gasteiger partial charge in [0.15, 0.2) is 6.10 Å². The number of piperidine rings is 1. The van der Waals surface area contributed by atoms with Gasteiger partial charge >= 0.3 is 0 Å². The lowest BCUT2D eigenvalue weighted by atomic mass is 9.77. The molecule has 1 fully saturated rings. The highest BCUT2D eigenvalue weighted by Crippen LogP contribution is 2.29. The largest absolute Gasteiger partial charge is 0.367 e. The van der Waals surface area contributed by atoms with Crippen LogP contribution in [0.5, 0.6) is 0 Å². The summed E-state index contributed by atoms with van der Waals surface area (Å²) in [4.78, 5) is 12.4. The van der Waals surface area contributed by atoms with Gasteiger partial charge in [-0.15, -0.1) is 0 Å². The van der Waals surface area contributed by atoms with Crippen molar-refractivity contribution >= 4 is 5.91 Å². The van der Waals surface area contributed by atoms with Crippen LogP contribution in [0.25, 0.3) is 0 Å². The molecule has 2 unspecified atom stereocenters. The second-order valence-corrected chi connectivity index (χ2v) is 6.37. The fourth-order valence-corrected chi connectivity index (χ4v) is 2.94. The summed E-state index contributed by atoms with van der Waals surface area (Å²) >= 11 is 0. The van der Waals surface area contributed by atoms with Gasteiger partial charge in [0.05, 0.1) is 0 Å². The molecular formula is C17H26N2O2. The van der Waals surface area contributed by atoms with Crippen molar-refractivity contribution in [3.05, 3.63) is 35.9 Å². The van der Waals surface area contributed by atoms with Crippen LogP contribution in [0.2, 0.25) is 0 Å². The second kappa shape index (κ2) is 7.05. The number of hydrogen-bond acceptors (Lipinski definition) is 3. The molecule has 0 aromatic heterocycles. The number of methoxy groups -OCH3 is 1. The summed E-state index contributed by atoms with van der Waals surface area (Å²) in [6, 6.07) is 9.90. The van der Waals surface area contributed by atoms with E-state index in [2.05, 4.69) is 24.5 Å². The fourth-order valence-electron chi connectivity index (χ4n) is 2.94. The predicted octanol–water partition coefficient (Wildman–Crippen LogP) is 2.27. The third-order valence-corrected chi connectivity index (χ3v) is 4.39. The van der Waals surface area contributed by atoms with Crippen LogP contribution in [0.15, 0.2) is 30.3 Å². The van der Waals surface area contributed by atoms with E-state index in [1.807, 2.05) is 30.3 Å². The molecule has 4 nitrogen and oxygen atoms in total. The molecule has 0 bridgehead atoms. The number of carbonyl (C=O) groups excluding carboxylic acids is 1. The van der Waals surface area contributed by atoms with Crippen molar-refractivity contribution in [2.45, 2.75) is 38.8 Å². The lowest BCUT2D eigenvalue weighted by Gasteiger charge is -2.39. The van der Waals surface area contributed by atoms with Crippen LogP contribution in [0, 0.1) is 5.41 Å². The van der Waals surface area contributed by atoms with Gasteiger partial charge in [-0.2, -0.15) is 0 Å². The average molecular weight is 290 g/mol. The molecular weight excluding hydrogens is 264 g/mol. The van der Waals surface area contributed by atoms with Crippen LogP contribution in [0.1, 0.15) is 38.4 Å². The first-order valence-electron chi connectivity index (χ1n) is 7.63. The third-order valence-electron chi connectivity index (χ3n) is 4.39. The van der Waals surface area contributed by atoms with Crippen molar-refractivity contribution in [2.75, 3.05) is 20.2 Å². The number of amides is 1. The van der Waals surface area contributed by atoms with Crippen molar-refractivity contribution < 1.29 is 9.53 Å². The van der Waals surface area contributed by atoms with Gasteiger partial charge in [-0.1, -0.05) is 44.2 Å². The monoisotopic (exact) mass is 290 g/mol. The quantitative estimate of drug-likeness (QED) is 0.874. The Labute approximate surface area is 127 Å². The average Bonchev–Trinajstić information content (AvgIpc) is 2.47. The van der Waals surface area contributed by atoms with E-state index in [-0.39, 0.29) is 11.3 Å². The van der Waals surface area contributed by atoms with E-state index >= 15 is 0 Å². The molecule has 2 rings (SSSR count). The van der Waals surface area contributed by atoms with Crippen molar-refractivity contribution in [1.82, 2.24) is 10.6 Å². The molecule has 0 spiro atoms. The summed E-state index contributed by atoms with van der Waals surface area (Å²) in [6.45, 7) is 6.16. The highest BCUT2D eigenvalue weighted by atomic mass is 16.5. The number of carbonyl (C=O) groups is 1. The molecule has 1 saturated heterocycles. The van der Waals surface area contributed by atoms with E-state index in [1.165, 1.54) is 12.8 Å². The highest BCUT2D eigenvalue weighted by Gasteiger charge is 2.32. The zero-order chi connectivity index (χ0) is 15.3. The lowest BCUT2D eigenvalue weighted by Crippen LogP contribution is -2.53. The van der Waals surface area contributed by atoms with E-state index in [0.717, 1.165) is 12.1 Å². The second-order valence-electron chi connectivity index (χ2n) is 6.37. The van der Waals surface area contributed by atoms with E-state index in [0.29, 0.717) is 12.6 Å². The van der Waals surface area contributed by atoms with Crippen molar-refractivity contribution in [3.8, 4) is 0 Å². The van der Waals surface area contributed by atoms with Gasteiger partial charge < -0.3 is 15.4 Å². The Bertz CT molecular complexity index is 459. The molecule has 1 aromatic carbocycles. The third kappa shape index (κ3) is 4.05. The van der Waals surface area contributed by atoms with Gasteiger partial charge in [-0.3, -0.25) is 4.79 Å². The smallest absolute Gasteiger partial charge is 0.253 e. The standard InChI is InChI=1S/C17H26N2O2/c1-17(2)10-7-11-18-14(17)12-19-16(20)15(21-3)13-8-5-4-6-9-13/h4-6,8-9,14-15,18H,7,10-12H2,1-3H3,(H,19,20). The molecule has 0 saturated carbocycles. The van der Waals surface area contributed by atoms with Crippen molar-refractivity contribution in [2.24, 2.45) is 5.41 Å². The minimum Gasteiger partial charge on any atom is -0.367 e. The van der Waals surface area contributed by atoms with Gasteiger partial charge in [-0.25, -0.2) is 0 Å². The molecule has 1 aliphatic rings. The number of hydrogen-bond donors (Lipinski definition) is 2. The van der Waals surface area contributed by atoms with Crippen LogP contribution >= 0.6 is 0 Å². The van der Waals surface area contributed by atoms with E-state index in [1.54, 1.807) is 7.11 Å². The van der Waals surface area contributed by atoms with E-state index < -0.39 is 6.10 Å². The minimum atomic E-state index is -0.544. The van der Waals surface area contributed by atoms with E-state index in [9.17, 15) is 4.79 Å². The first-order chi connectivity index (χ1) is 10.0. The molecule has 0 radical (unpaired) electrons.